The van der Waals surface area contributed by atoms with Crippen LogP contribution in [0, 0.1) is 10.1 Å². The lowest BCUT2D eigenvalue weighted by Gasteiger charge is -2.32. The van der Waals surface area contributed by atoms with Crippen molar-refractivity contribution in [2.24, 2.45) is 5.73 Å². The second-order valence-electron chi connectivity index (χ2n) is 4.61. The number of nitrogens with two attached hydrogens (primary N) is 1. The molecule has 0 atom stereocenters. The lowest BCUT2D eigenvalue weighted by molar-refractivity contribution is -0.384. The Balaban J connectivity index is 1.98. The summed E-state index contributed by atoms with van der Waals surface area (Å²) >= 11 is 0. The number of rotatable bonds is 3. The SMILES string of the molecule is NC1CC(Oc2ncnc3ccc([N+](=O)[O-])cc23)C1. The maximum absolute atomic E-state index is 10.8. The Labute approximate surface area is 108 Å². The Morgan fingerprint density at radius 2 is 2.16 bits per heavy atom. The maximum Gasteiger partial charge on any atom is 0.270 e. The highest BCUT2D eigenvalue weighted by atomic mass is 16.6. The molecule has 0 bridgehead atoms. The first kappa shape index (κ1) is 11.8. The zero-order valence-corrected chi connectivity index (χ0v) is 10.0. The van der Waals surface area contributed by atoms with Gasteiger partial charge in [0, 0.05) is 18.2 Å². The van der Waals surface area contributed by atoms with Crippen LogP contribution in [-0.2, 0) is 0 Å². The molecule has 0 saturated heterocycles. The first-order valence-corrected chi connectivity index (χ1v) is 5.95. The van der Waals surface area contributed by atoms with Gasteiger partial charge in [-0.2, -0.15) is 0 Å². The molecule has 1 aliphatic carbocycles. The maximum atomic E-state index is 10.8. The van der Waals surface area contributed by atoms with Gasteiger partial charge in [-0.1, -0.05) is 0 Å². The van der Waals surface area contributed by atoms with Crippen molar-refractivity contribution in [3.05, 3.63) is 34.6 Å². The van der Waals surface area contributed by atoms with E-state index in [1.54, 1.807) is 6.07 Å². The van der Waals surface area contributed by atoms with Crippen LogP contribution in [-0.4, -0.2) is 27.0 Å². The van der Waals surface area contributed by atoms with Crippen molar-refractivity contribution in [3.8, 4) is 5.88 Å². The second kappa shape index (κ2) is 4.43. The molecule has 0 amide bonds. The van der Waals surface area contributed by atoms with E-state index in [0.717, 1.165) is 12.8 Å². The van der Waals surface area contributed by atoms with Gasteiger partial charge in [0.1, 0.15) is 12.4 Å². The standard InChI is InChI=1S/C12H12N4O3/c13-7-3-9(4-7)19-12-10-5-8(16(17)18)1-2-11(10)14-6-15-12/h1-2,5-7,9H,3-4,13H2. The van der Waals surface area contributed by atoms with E-state index in [9.17, 15) is 10.1 Å². The third kappa shape index (κ3) is 2.19. The monoisotopic (exact) mass is 260 g/mol. The number of non-ortho nitro benzene ring substituents is 1. The van der Waals surface area contributed by atoms with Crippen LogP contribution in [0.25, 0.3) is 10.9 Å². The Morgan fingerprint density at radius 1 is 1.37 bits per heavy atom. The molecule has 19 heavy (non-hydrogen) atoms. The molecule has 7 nitrogen and oxygen atoms in total. The van der Waals surface area contributed by atoms with Gasteiger partial charge in [-0.15, -0.1) is 0 Å². The first-order valence-electron chi connectivity index (χ1n) is 5.95. The van der Waals surface area contributed by atoms with Gasteiger partial charge in [0.2, 0.25) is 5.88 Å². The summed E-state index contributed by atoms with van der Waals surface area (Å²) in [6.45, 7) is 0. The molecule has 3 rings (SSSR count). The van der Waals surface area contributed by atoms with Gasteiger partial charge in [-0.05, 0) is 18.9 Å². The Kier molecular flexibility index (Phi) is 2.75. The van der Waals surface area contributed by atoms with Crippen LogP contribution in [0.15, 0.2) is 24.5 Å². The number of nitrogens with zero attached hydrogens (tertiary/aromatic N) is 3. The fourth-order valence-corrected chi connectivity index (χ4v) is 2.09. The van der Waals surface area contributed by atoms with Crippen LogP contribution in [0.1, 0.15) is 12.8 Å². The highest BCUT2D eigenvalue weighted by Gasteiger charge is 2.28. The van der Waals surface area contributed by atoms with E-state index in [-0.39, 0.29) is 17.8 Å². The van der Waals surface area contributed by atoms with Crippen molar-refractivity contribution in [2.75, 3.05) is 0 Å². The van der Waals surface area contributed by atoms with Crippen LogP contribution in [0.3, 0.4) is 0 Å². The van der Waals surface area contributed by atoms with Crippen molar-refractivity contribution < 1.29 is 9.66 Å². The predicted octanol–water partition coefficient (Wildman–Crippen LogP) is 1.41. The molecule has 0 aliphatic heterocycles. The third-order valence-corrected chi connectivity index (χ3v) is 3.20. The number of nitro groups is 1. The minimum Gasteiger partial charge on any atom is -0.474 e. The van der Waals surface area contributed by atoms with Crippen molar-refractivity contribution in [1.82, 2.24) is 9.97 Å². The molecule has 1 aliphatic rings. The van der Waals surface area contributed by atoms with E-state index >= 15 is 0 Å². The summed E-state index contributed by atoms with van der Waals surface area (Å²) in [4.78, 5) is 18.5. The summed E-state index contributed by atoms with van der Waals surface area (Å²) in [5.41, 5.74) is 6.32. The van der Waals surface area contributed by atoms with Gasteiger partial charge in [-0.3, -0.25) is 10.1 Å². The Morgan fingerprint density at radius 3 is 2.84 bits per heavy atom. The van der Waals surface area contributed by atoms with Gasteiger partial charge >= 0.3 is 0 Å². The Hall–Kier alpha value is -2.28. The molecule has 1 fully saturated rings. The summed E-state index contributed by atoms with van der Waals surface area (Å²) in [5, 5.41) is 11.3. The molecule has 1 aromatic carbocycles. The van der Waals surface area contributed by atoms with Crippen molar-refractivity contribution in [2.45, 2.75) is 25.0 Å². The largest absolute Gasteiger partial charge is 0.474 e. The van der Waals surface area contributed by atoms with Crippen molar-refractivity contribution in [3.63, 3.8) is 0 Å². The zero-order valence-electron chi connectivity index (χ0n) is 10.0. The van der Waals surface area contributed by atoms with E-state index in [4.69, 9.17) is 10.5 Å². The fourth-order valence-electron chi connectivity index (χ4n) is 2.09. The average Bonchev–Trinajstić information content (AvgIpc) is 2.36. The summed E-state index contributed by atoms with van der Waals surface area (Å²) in [6.07, 6.45) is 2.98. The van der Waals surface area contributed by atoms with Crippen LogP contribution >= 0.6 is 0 Å². The topological polar surface area (TPSA) is 104 Å². The molecule has 2 aromatic rings. The van der Waals surface area contributed by atoms with Gasteiger partial charge < -0.3 is 10.5 Å². The van der Waals surface area contributed by atoms with Gasteiger partial charge in [0.15, 0.2) is 0 Å². The zero-order chi connectivity index (χ0) is 13.4. The normalized spacial score (nSPS) is 21.9. The third-order valence-electron chi connectivity index (χ3n) is 3.20. The lowest BCUT2D eigenvalue weighted by Crippen LogP contribution is -2.43. The summed E-state index contributed by atoms with van der Waals surface area (Å²) in [7, 11) is 0. The van der Waals surface area contributed by atoms with E-state index in [1.807, 2.05) is 0 Å². The number of hydrogen-bond donors (Lipinski definition) is 1. The summed E-state index contributed by atoms with van der Waals surface area (Å²) in [6, 6.07) is 4.61. The molecule has 1 aromatic heterocycles. The minimum atomic E-state index is -0.449. The van der Waals surface area contributed by atoms with Crippen LogP contribution in [0.4, 0.5) is 5.69 Å². The molecule has 0 radical (unpaired) electrons. The summed E-state index contributed by atoms with van der Waals surface area (Å²) < 4.78 is 5.72. The molecule has 0 unspecified atom stereocenters. The lowest BCUT2D eigenvalue weighted by atomic mass is 9.90. The highest BCUT2D eigenvalue weighted by molar-refractivity contribution is 5.85. The van der Waals surface area contributed by atoms with E-state index in [2.05, 4.69) is 9.97 Å². The fraction of sp³-hybridized carbons (Fsp3) is 0.333. The van der Waals surface area contributed by atoms with Crippen molar-refractivity contribution >= 4 is 16.6 Å². The molecule has 98 valence electrons. The molecule has 1 saturated carbocycles. The molecule has 0 spiro atoms. The first-order chi connectivity index (χ1) is 9.13. The molecular weight excluding hydrogens is 248 g/mol. The predicted molar refractivity (Wildman–Crippen MR) is 67.8 cm³/mol. The van der Waals surface area contributed by atoms with E-state index in [0.29, 0.717) is 16.8 Å². The molecule has 2 N–H and O–H groups in total. The van der Waals surface area contributed by atoms with E-state index in [1.165, 1.54) is 18.5 Å². The van der Waals surface area contributed by atoms with Crippen LogP contribution in [0.2, 0.25) is 0 Å². The second-order valence-corrected chi connectivity index (χ2v) is 4.61. The number of aromatic nitrogens is 2. The average molecular weight is 260 g/mol. The van der Waals surface area contributed by atoms with Crippen molar-refractivity contribution in [1.29, 1.82) is 0 Å². The number of fused-ring (bicyclic) bond motifs is 1. The van der Waals surface area contributed by atoms with E-state index < -0.39 is 4.92 Å². The molecule has 1 heterocycles. The smallest absolute Gasteiger partial charge is 0.270 e. The van der Waals surface area contributed by atoms with Crippen LogP contribution in [0.5, 0.6) is 5.88 Å². The minimum absolute atomic E-state index is 0.00235. The van der Waals surface area contributed by atoms with Gasteiger partial charge in [0.05, 0.1) is 15.8 Å². The number of hydrogen-bond acceptors (Lipinski definition) is 6. The number of benzene rings is 1. The Bertz CT molecular complexity index is 640. The highest BCUT2D eigenvalue weighted by Crippen LogP contribution is 2.29. The quantitative estimate of drug-likeness (QED) is 0.660. The van der Waals surface area contributed by atoms with Gasteiger partial charge in [0.25, 0.3) is 5.69 Å². The van der Waals surface area contributed by atoms with Crippen LogP contribution < -0.4 is 10.5 Å². The number of nitro benzene ring substituents is 1. The van der Waals surface area contributed by atoms with Gasteiger partial charge in [-0.25, -0.2) is 9.97 Å². The molecule has 7 heteroatoms. The summed E-state index contributed by atoms with van der Waals surface area (Å²) in [5.74, 6) is 0.380. The molecular formula is C12H12N4O3. The number of ether oxygens (including phenoxy) is 1.